The number of carboxylic acid groups (broad SMARTS) is 1. The maximum absolute atomic E-state index is 10.4. The predicted octanol–water partition coefficient (Wildman–Crippen LogP) is 2.00. The van der Waals surface area contributed by atoms with Gasteiger partial charge in [-0.15, -0.1) is 11.3 Å². The molecule has 0 bridgehead atoms. The summed E-state index contributed by atoms with van der Waals surface area (Å²) in [6.45, 7) is 4.63. The van der Waals surface area contributed by atoms with Crippen LogP contribution in [0.5, 0.6) is 0 Å². The van der Waals surface area contributed by atoms with Gasteiger partial charge in [-0.05, 0) is 13.8 Å². The van der Waals surface area contributed by atoms with Crippen molar-refractivity contribution in [3.63, 3.8) is 0 Å². The number of aromatic nitrogens is 1. The lowest BCUT2D eigenvalue weighted by Gasteiger charge is -2.24. The Kier molecular flexibility index (Phi) is 4.89. The van der Waals surface area contributed by atoms with Crippen LogP contribution in [0, 0.1) is 0 Å². The van der Waals surface area contributed by atoms with Crippen LogP contribution in [0.1, 0.15) is 26.0 Å². The van der Waals surface area contributed by atoms with E-state index in [-0.39, 0.29) is 12.0 Å². The minimum Gasteiger partial charge on any atom is -0.481 e. The minimum atomic E-state index is -0.799. The van der Waals surface area contributed by atoms with Crippen molar-refractivity contribution in [2.75, 3.05) is 19.0 Å². The van der Waals surface area contributed by atoms with Gasteiger partial charge < -0.3 is 15.2 Å². The van der Waals surface area contributed by atoms with Gasteiger partial charge in [-0.1, -0.05) is 0 Å². The predicted molar refractivity (Wildman–Crippen MR) is 67.6 cm³/mol. The van der Waals surface area contributed by atoms with Gasteiger partial charge in [0.2, 0.25) is 0 Å². The van der Waals surface area contributed by atoms with Crippen LogP contribution in [-0.2, 0) is 16.0 Å². The van der Waals surface area contributed by atoms with Crippen molar-refractivity contribution < 1.29 is 14.6 Å². The highest BCUT2D eigenvalue weighted by Crippen LogP contribution is 2.20. The van der Waals surface area contributed by atoms with Gasteiger partial charge in [0.1, 0.15) is 0 Å². The Morgan fingerprint density at radius 1 is 1.65 bits per heavy atom. The summed E-state index contributed by atoms with van der Waals surface area (Å²) in [5.74, 6) is -0.799. The molecular weight excluding hydrogens is 240 g/mol. The molecule has 0 unspecified atom stereocenters. The van der Waals surface area contributed by atoms with E-state index in [1.165, 1.54) is 11.3 Å². The maximum atomic E-state index is 10.4. The summed E-state index contributed by atoms with van der Waals surface area (Å²) in [5, 5.41) is 14.5. The zero-order valence-electron chi connectivity index (χ0n) is 10.3. The summed E-state index contributed by atoms with van der Waals surface area (Å²) in [6, 6.07) is 0. The molecule has 0 radical (unpaired) electrons. The Balaban J connectivity index is 2.53. The Labute approximate surface area is 105 Å². The third-order valence-corrected chi connectivity index (χ3v) is 2.90. The number of rotatable bonds is 7. The zero-order chi connectivity index (χ0) is 12.9. The van der Waals surface area contributed by atoms with Gasteiger partial charge in [-0.3, -0.25) is 4.79 Å². The lowest BCUT2D eigenvalue weighted by Crippen LogP contribution is -2.35. The summed E-state index contributed by atoms with van der Waals surface area (Å²) in [7, 11) is 1.66. The third kappa shape index (κ3) is 5.14. The van der Waals surface area contributed by atoms with Crippen LogP contribution in [0.15, 0.2) is 5.38 Å². The SMILES string of the molecule is COCC(C)(C)Nc1nc(CCC(=O)O)cs1. The van der Waals surface area contributed by atoms with Crippen LogP contribution >= 0.6 is 11.3 Å². The summed E-state index contributed by atoms with van der Waals surface area (Å²) >= 11 is 1.48. The Hall–Kier alpha value is -1.14. The van der Waals surface area contributed by atoms with Gasteiger partial charge in [0.25, 0.3) is 0 Å². The van der Waals surface area contributed by atoms with E-state index in [4.69, 9.17) is 9.84 Å². The molecule has 2 N–H and O–H groups in total. The first-order valence-electron chi connectivity index (χ1n) is 5.36. The number of ether oxygens (including phenoxy) is 1. The summed E-state index contributed by atoms with van der Waals surface area (Å²) in [4.78, 5) is 14.8. The molecular formula is C11H18N2O3S. The van der Waals surface area contributed by atoms with E-state index in [2.05, 4.69) is 10.3 Å². The quantitative estimate of drug-likeness (QED) is 0.782. The van der Waals surface area contributed by atoms with Crippen molar-refractivity contribution in [2.45, 2.75) is 32.2 Å². The molecule has 1 rings (SSSR count). The average Bonchev–Trinajstić information content (AvgIpc) is 2.61. The number of aryl methyl sites for hydroxylation is 1. The Bertz CT molecular complexity index is 377. The fourth-order valence-electron chi connectivity index (χ4n) is 1.40. The molecule has 1 heterocycles. The molecule has 6 heteroatoms. The van der Waals surface area contributed by atoms with Crippen LogP contribution in [-0.4, -0.2) is 35.3 Å². The molecule has 5 nitrogen and oxygen atoms in total. The van der Waals surface area contributed by atoms with E-state index in [1.807, 2.05) is 19.2 Å². The third-order valence-electron chi connectivity index (χ3n) is 2.10. The van der Waals surface area contributed by atoms with Crippen molar-refractivity contribution in [1.29, 1.82) is 0 Å². The van der Waals surface area contributed by atoms with Crippen LogP contribution in [0.25, 0.3) is 0 Å². The molecule has 0 amide bonds. The molecule has 0 aromatic carbocycles. The maximum Gasteiger partial charge on any atom is 0.303 e. The number of carbonyl (C=O) groups is 1. The van der Waals surface area contributed by atoms with E-state index in [0.29, 0.717) is 13.0 Å². The Morgan fingerprint density at radius 3 is 2.94 bits per heavy atom. The minimum absolute atomic E-state index is 0.116. The van der Waals surface area contributed by atoms with Gasteiger partial charge in [0.15, 0.2) is 5.13 Å². The zero-order valence-corrected chi connectivity index (χ0v) is 11.1. The standard InChI is InChI=1S/C11H18N2O3S/c1-11(2,7-16-3)13-10-12-8(6-17-10)4-5-9(14)15/h6H,4-5,7H2,1-3H3,(H,12,13)(H,14,15). The van der Waals surface area contributed by atoms with Crippen LogP contribution < -0.4 is 5.32 Å². The summed E-state index contributed by atoms with van der Waals surface area (Å²) in [5.41, 5.74) is 0.629. The number of methoxy groups -OCH3 is 1. The molecule has 1 aromatic rings. The number of aliphatic carboxylic acids is 1. The molecule has 0 aliphatic heterocycles. The van der Waals surface area contributed by atoms with E-state index in [1.54, 1.807) is 7.11 Å². The number of anilines is 1. The smallest absolute Gasteiger partial charge is 0.303 e. The second kappa shape index (κ2) is 5.97. The van der Waals surface area contributed by atoms with Crippen molar-refractivity contribution in [3.05, 3.63) is 11.1 Å². The second-order valence-corrected chi connectivity index (χ2v) is 5.34. The van der Waals surface area contributed by atoms with Gasteiger partial charge in [-0.25, -0.2) is 4.98 Å². The first kappa shape index (κ1) is 13.9. The molecule has 96 valence electrons. The van der Waals surface area contributed by atoms with E-state index >= 15 is 0 Å². The Morgan fingerprint density at radius 2 is 2.35 bits per heavy atom. The molecule has 0 aliphatic rings. The molecule has 0 aliphatic carbocycles. The topological polar surface area (TPSA) is 71.5 Å². The van der Waals surface area contributed by atoms with Gasteiger partial charge >= 0.3 is 5.97 Å². The monoisotopic (exact) mass is 258 g/mol. The van der Waals surface area contributed by atoms with Crippen LogP contribution in [0.2, 0.25) is 0 Å². The highest BCUT2D eigenvalue weighted by Gasteiger charge is 2.18. The van der Waals surface area contributed by atoms with Crippen molar-refractivity contribution in [2.24, 2.45) is 0 Å². The number of hydrogen-bond donors (Lipinski definition) is 2. The highest BCUT2D eigenvalue weighted by atomic mass is 32.1. The van der Waals surface area contributed by atoms with E-state index in [9.17, 15) is 4.79 Å². The van der Waals surface area contributed by atoms with Crippen molar-refractivity contribution in [3.8, 4) is 0 Å². The number of nitrogens with one attached hydrogen (secondary N) is 1. The van der Waals surface area contributed by atoms with Crippen molar-refractivity contribution in [1.82, 2.24) is 4.98 Å². The highest BCUT2D eigenvalue weighted by molar-refractivity contribution is 7.13. The van der Waals surface area contributed by atoms with Gasteiger partial charge in [-0.2, -0.15) is 0 Å². The fourth-order valence-corrected chi connectivity index (χ4v) is 2.32. The molecule has 0 saturated heterocycles. The van der Waals surface area contributed by atoms with Gasteiger partial charge in [0.05, 0.1) is 24.3 Å². The lowest BCUT2D eigenvalue weighted by molar-refractivity contribution is -0.136. The molecule has 17 heavy (non-hydrogen) atoms. The molecule has 0 atom stereocenters. The molecule has 0 spiro atoms. The first-order chi connectivity index (χ1) is 7.93. The number of thiazole rings is 1. The largest absolute Gasteiger partial charge is 0.481 e. The lowest BCUT2D eigenvalue weighted by atomic mass is 10.1. The first-order valence-corrected chi connectivity index (χ1v) is 6.24. The molecule has 0 saturated carbocycles. The van der Waals surface area contributed by atoms with Crippen LogP contribution in [0.3, 0.4) is 0 Å². The fraction of sp³-hybridized carbons (Fsp3) is 0.636. The second-order valence-electron chi connectivity index (χ2n) is 4.48. The molecule has 0 fully saturated rings. The summed E-state index contributed by atoms with van der Waals surface area (Å²) in [6.07, 6.45) is 0.586. The number of nitrogens with zero attached hydrogens (tertiary/aromatic N) is 1. The van der Waals surface area contributed by atoms with Crippen LogP contribution in [0.4, 0.5) is 5.13 Å². The van der Waals surface area contributed by atoms with Crippen molar-refractivity contribution >= 4 is 22.4 Å². The average molecular weight is 258 g/mol. The molecule has 1 aromatic heterocycles. The van der Waals surface area contributed by atoms with E-state index < -0.39 is 5.97 Å². The van der Waals surface area contributed by atoms with E-state index in [0.717, 1.165) is 10.8 Å². The normalized spacial score (nSPS) is 11.5. The number of hydrogen-bond acceptors (Lipinski definition) is 5. The van der Waals surface area contributed by atoms with Gasteiger partial charge in [0, 0.05) is 18.9 Å². The summed E-state index contributed by atoms with van der Waals surface area (Å²) < 4.78 is 5.10. The number of carboxylic acids is 1.